The maximum Gasteiger partial charge on any atom is 0.389 e. The van der Waals surface area contributed by atoms with Crippen molar-refractivity contribution in [2.75, 3.05) is 0 Å². The molecule has 0 aliphatic heterocycles. The van der Waals surface area contributed by atoms with E-state index in [0.717, 1.165) is 0 Å². The van der Waals surface area contributed by atoms with Gasteiger partial charge in [-0.2, -0.15) is 13.2 Å². The van der Waals surface area contributed by atoms with Crippen LogP contribution in [-0.4, -0.2) is 11.3 Å². The summed E-state index contributed by atoms with van der Waals surface area (Å²) in [4.78, 5) is 0.613. The summed E-state index contributed by atoms with van der Waals surface area (Å²) in [6.45, 7) is 0. The standard InChI is InChI=1S/C9H10ClF3OS/c10-8-4-3-7(15-8)6(14)2-1-5-9(11,12)13/h3-4,6,14H,1-2,5H2. The van der Waals surface area contributed by atoms with Crippen molar-refractivity contribution in [1.82, 2.24) is 0 Å². The van der Waals surface area contributed by atoms with E-state index in [4.69, 9.17) is 11.6 Å². The molecule has 86 valence electrons. The average molecular weight is 259 g/mol. The molecule has 6 heteroatoms. The van der Waals surface area contributed by atoms with E-state index in [1.54, 1.807) is 12.1 Å². The molecule has 1 unspecified atom stereocenters. The van der Waals surface area contributed by atoms with Gasteiger partial charge in [0.15, 0.2) is 0 Å². The molecule has 0 bridgehead atoms. The highest BCUT2D eigenvalue weighted by Crippen LogP contribution is 2.31. The van der Waals surface area contributed by atoms with Gasteiger partial charge < -0.3 is 5.11 Å². The van der Waals surface area contributed by atoms with Crippen molar-refractivity contribution in [2.24, 2.45) is 0 Å². The van der Waals surface area contributed by atoms with Crippen molar-refractivity contribution >= 4 is 22.9 Å². The Morgan fingerprint density at radius 1 is 1.40 bits per heavy atom. The second-order valence-corrected chi connectivity index (χ2v) is 4.91. The topological polar surface area (TPSA) is 20.2 Å². The number of thiophene rings is 1. The quantitative estimate of drug-likeness (QED) is 0.859. The molecular weight excluding hydrogens is 249 g/mol. The minimum absolute atomic E-state index is 0.0693. The monoisotopic (exact) mass is 258 g/mol. The predicted molar refractivity (Wildman–Crippen MR) is 54.2 cm³/mol. The van der Waals surface area contributed by atoms with E-state index < -0.39 is 18.7 Å². The van der Waals surface area contributed by atoms with Gasteiger partial charge in [0.1, 0.15) is 0 Å². The molecule has 1 rings (SSSR count). The summed E-state index contributed by atoms with van der Waals surface area (Å²) >= 11 is 6.83. The van der Waals surface area contributed by atoms with Gasteiger partial charge in [-0.1, -0.05) is 11.6 Å². The van der Waals surface area contributed by atoms with Gasteiger partial charge in [-0.3, -0.25) is 0 Å². The zero-order valence-corrected chi connectivity index (χ0v) is 9.29. The van der Waals surface area contributed by atoms with Gasteiger partial charge in [0, 0.05) is 11.3 Å². The molecule has 0 spiro atoms. The van der Waals surface area contributed by atoms with Gasteiger partial charge in [-0.15, -0.1) is 11.3 Å². The summed E-state index contributed by atoms with van der Waals surface area (Å²) in [5, 5.41) is 9.52. The Labute approximate surface area is 94.5 Å². The maximum atomic E-state index is 11.8. The van der Waals surface area contributed by atoms with Crippen molar-refractivity contribution in [3.05, 3.63) is 21.3 Å². The molecule has 0 fully saturated rings. The third-order valence-electron chi connectivity index (χ3n) is 1.86. The van der Waals surface area contributed by atoms with Gasteiger partial charge >= 0.3 is 6.18 Å². The van der Waals surface area contributed by atoms with Crippen LogP contribution in [0.3, 0.4) is 0 Å². The van der Waals surface area contributed by atoms with Gasteiger partial charge in [0.05, 0.1) is 10.4 Å². The summed E-state index contributed by atoms with van der Waals surface area (Å²) < 4.78 is 36.0. The van der Waals surface area contributed by atoms with Crippen LogP contribution in [0.5, 0.6) is 0 Å². The van der Waals surface area contributed by atoms with Crippen LogP contribution in [-0.2, 0) is 0 Å². The Morgan fingerprint density at radius 3 is 2.53 bits per heavy atom. The molecule has 0 amide bonds. The highest BCUT2D eigenvalue weighted by atomic mass is 35.5. The second kappa shape index (κ2) is 5.18. The van der Waals surface area contributed by atoms with Crippen LogP contribution in [0.15, 0.2) is 12.1 Å². The zero-order valence-electron chi connectivity index (χ0n) is 7.72. The Bertz CT molecular complexity index is 311. The molecule has 1 aromatic heterocycles. The Balaban J connectivity index is 2.34. The molecular formula is C9H10ClF3OS. The lowest BCUT2D eigenvalue weighted by Gasteiger charge is -2.09. The molecule has 1 nitrogen and oxygen atoms in total. The lowest BCUT2D eigenvalue weighted by atomic mass is 10.1. The normalized spacial score (nSPS) is 14.2. The van der Waals surface area contributed by atoms with E-state index in [1.807, 2.05) is 0 Å². The van der Waals surface area contributed by atoms with Crippen LogP contribution in [0.4, 0.5) is 13.2 Å². The van der Waals surface area contributed by atoms with Crippen molar-refractivity contribution in [3.63, 3.8) is 0 Å². The van der Waals surface area contributed by atoms with Crippen molar-refractivity contribution in [2.45, 2.75) is 31.5 Å². The highest BCUT2D eigenvalue weighted by molar-refractivity contribution is 7.16. The first-order valence-corrected chi connectivity index (χ1v) is 5.58. The first kappa shape index (κ1) is 12.8. The second-order valence-electron chi connectivity index (χ2n) is 3.17. The summed E-state index contributed by atoms with van der Waals surface area (Å²) in [5.74, 6) is 0. The Kier molecular flexibility index (Phi) is 4.43. The lowest BCUT2D eigenvalue weighted by Crippen LogP contribution is -2.07. The average Bonchev–Trinajstić information content (AvgIpc) is 2.49. The fourth-order valence-corrected chi connectivity index (χ4v) is 2.23. The Morgan fingerprint density at radius 2 is 2.07 bits per heavy atom. The van der Waals surface area contributed by atoms with Crippen molar-refractivity contribution < 1.29 is 18.3 Å². The molecule has 1 atom stereocenters. The molecule has 0 saturated carbocycles. The Hall–Kier alpha value is -0.260. The number of aliphatic hydroxyl groups excluding tert-OH is 1. The number of hydrogen-bond acceptors (Lipinski definition) is 2. The third kappa shape index (κ3) is 4.86. The first-order chi connectivity index (χ1) is 6.88. The van der Waals surface area contributed by atoms with Crippen LogP contribution < -0.4 is 0 Å². The molecule has 1 N–H and O–H groups in total. The van der Waals surface area contributed by atoms with Gasteiger partial charge in [-0.05, 0) is 25.0 Å². The number of hydrogen-bond donors (Lipinski definition) is 1. The van der Waals surface area contributed by atoms with Gasteiger partial charge in [0.2, 0.25) is 0 Å². The molecule has 0 aromatic carbocycles. The van der Waals surface area contributed by atoms with E-state index in [2.05, 4.69) is 0 Å². The summed E-state index contributed by atoms with van der Waals surface area (Å²) in [7, 11) is 0. The fraction of sp³-hybridized carbons (Fsp3) is 0.556. The third-order valence-corrected chi connectivity index (χ3v) is 3.19. The molecule has 15 heavy (non-hydrogen) atoms. The molecule has 0 aliphatic carbocycles. The molecule has 0 radical (unpaired) electrons. The van der Waals surface area contributed by atoms with Gasteiger partial charge in [-0.25, -0.2) is 0 Å². The fourth-order valence-electron chi connectivity index (χ4n) is 1.15. The molecule has 1 aromatic rings. The highest BCUT2D eigenvalue weighted by Gasteiger charge is 2.26. The minimum Gasteiger partial charge on any atom is -0.388 e. The number of rotatable bonds is 4. The molecule has 0 aliphatic rings. The molecule has 1 heterocycles. The summed E-state index contributed by atoms with van der Waals surface area (Å²) in [6, 6.07) is 3.25. The van der Waals surface area contributed by atoms with E-state index in [-0.39, 0.29) is 12.8 Å². The maximum absolute atomic E-state index is 11.8. The van der Waals surface area contributed by atoms with Crippen molar-refractivity contribution in [3.8, 4) is 0 Å². The number of halogens is 4. The van der Waals surface area contributed by atoms with E-state index in [9.17, 15) is 18.3 Å². The van der Waals surface area contributed by atoms with Crippen LogP contribution in [0.2, 0.25) is 4.34 Å². The molecule has 0 saturated heterocycles. The van der Waals surface area contributed by atoms with Crippen LogP contribution in [0.1, 0.15) is 30.2 Å². The van der Waals surface area contributed by atoms with E-state index in [1.165, 1.54) is 11.3 Å². The lowest BCUT2D eigenvalue weighted by molar-refractivity contribution is -0.136. The van der Waals surface area contributed by atoms with Crippen LogP contribution in [0, 0.1) is 0 Å². The smallest absolute Gasteiger partial charge is 0.388 e. The number of aliphatic hydroxyl groups is 1. The zero-order chi connectivity index (χ0) is 11.5. The van der Waals surface area contributed by atoms with E-state index in [0.29, 0.717) is 9.21 Å². The predicted octanol–water partition coefficient (Wildman–Crippen LogP) is 4.17. The van der Waals surface area contributed by atoms with Crippen LogP contribution in [0.25, 0.3) is 0 Å². The first-order valence-electron chi connectivity index (χ1n) is 4.38. The summed E-state index contributed by atoms with van der Waals surface area (Å²) in [5.41, 5.74) is 0. The minimum atomic E-state index is -4.15. The van der Waals surface area contributed by atoms with Crippen LogP contribution >= 0.6 is 22.9 Å². The summed E-state index contributed by atoms with van der Waals surface area (Å²) in [6.07, 6.45) is -5.81. The van der Waals surface area contributed by atoms with E-state index >= 15 is 0 Å². The SMILES string of the molecule is OC(CCCC(F)(F)F)c1ccc(Cl)s1. The largest absolute Gasteiger partial charge is 0.389 e. The van der Waals surface area contributed by atoms with Gasteiger partial charge in [0.25, 0.3) is 0 Å². The van der Waals surface area contributed by atoms with Crippen molar-refractivity contribution in [1.29, 1.82) is 0 Å². The number of alkyl halides is 3.